The Morgan fingerprint density at radius 1 is 1.24 bits per heavy atom. The summed E-state index contributed by atoms with van der Waals surface area (Å²) in [6.07, 6.45) is 4.37. The fourth-order valence-corrected chi connectivity index (χ4v) is 3.74. The maximum Gasteiger partial charge on any atom is 0.251 e. The molecule has 0 spiro atoms. The van der Waals surface area contributed by atoms with Crippen molar-refractivity contribution in [3.8, 4) is 0 Å². The van der Waals surface area contributed by atoms with E-state index in [4.69, 9.17) is 11.1 Å². The molecule has 0 radical (unpaired) electrons. The van der Waals surface area contributed by atoms with Gasteiger partial charge in [-0.15, -0.1) is 0 Å². The highest BCUT2D eigenvalue weighted by Gasteiger charge is 2.32. The molecule has 1 aromatic rings. The van der Waals surface area contributed by atoms with Crippen molar-refractivity contribution in [1.29, 1.82) is 0 Å². The van der Waals surface area contributed by atoms with Crippen LogP contribution in [0.3, 0.4) is 0 Å². The quantitative estimate of drug-likeness (QED) is 0.496. The molecule has 2 unspecified atom stereocenters. The van der Waals surface area contributed by atoms with Gasteiger partial charge in [0, 0.05) is 39.7 Å². The number of amides is 1. The normalized spacial score (nSPS) is 22.4. The van der Waals surface area contributed by atoms with E-state index in [2.05, 4.69) is 30.3 Å². The number of benzene rings is 1. The molecule has 2 aliphatic rings. The Bertz CT molecular complexity index is 751. The Hall–Kier alpha value is -2.73. The molecule has 0 bridgehead atoms. The minimum Gasteiger partial charge on any atom is -0.349 e. The zero-order valence-corrected chi connectivity index (χ0v) is 13.9. The molecule has 0 saturated carbocycles. The molecule has 2 heterocycles. The molecule has 0 aliphatic carbocycles. The molecular weight excluding hydrogens is 320 g/mol. The first-order valence-electron chi connectivity index (χ1n) is 8.44. The van der Waals surface area contributed by atoms with E-state index in [1.165, 1.54) is 19.4 Å². The van der Waals surface area contributed by atoms with Crippen LogP contribution >= 0.6 is 0 Å². The Kier molecular flexibility index (Phi) is 5.40. The molecule has 9 nitrogen and oxygen atoms in total. The summed E-state index contributed by atoms with van der Waals surface area (Å²) in [6, 6.07) is 5.58. The van der Waals surface area contributed by atoms with Crippen LogP contribution in [0.1, 0.15) is 41.6 Å². The molecule has 1 amide bonds. The number of hydrogen-bond donors (Lipinski definition) is 1. The summed E-state index contributed by atoms with van der Waals surface area (Å²) in [5, 5.41) is 10.2. The van der Waals surface area contributed by atoms with Crippen molar-refractivity contribution in [2.75, 3.05) is 13.1 Å². The molecule has 2 fully saturated rings. The summed E-state index contributed by atoms with van der Waals surface area (Å²) >= 11 is 0. The zero-order valence-electron chi connectivity index (χ0n) is 13.9. The van der Waals surface area contributed by atoms with Gasteiger partial charge in [0.05, 0.1) is 6.54 Å². The average molecular weight is 340 g/mol. The summed E-state index contributed by atoms with van der Waals surface area (Å²) in [7, 11) is 0. The number of fused-ring (bicyclic) bond motifs is 1. The maximum atomic E-state index is 12.6. The van der Waals surface area contributed by atoms with Crippen LogP contribution in [0.25, 0.3) is 20.9 Å². The van der Waals surface area contributed by atoms with Gasteiger partial charge in [0.15, 0.2) is 0 Å². The Morgan fingerprint density at radius 2 is 2.12 bits per heavy atom. The maximum absolute atomic E-state index is 12.6. The second-order valence-corrected chi connectivity index (χ2v) is 6.49. The number of hydrogen-bond acceptors (Lipinski definition) is 4. The van der Waals surface area contributed by atoms with Crippen LogP contribution < -0.4 is 5.32 Å². The molecule has 3 rings (SSSR count). The van der Waals surface area contributed by atoms with E-state index in [0.717, 1.165) is 19.4 Å². The highest BCUT2D eigenvalue weighted by atomic mass is 16.1. The first-order chi connectivity index (χ1) is 12.2. The van der Waals surface area contributed by atoms with Gasteiger partial charge in [-0.05, 0) is 67.1 Å². The van der Waals surface area contributed by atoms with Gasteiger partial charge in [0.25, 0.3) is 5.91 Å². The largest absolute Gasteiger partial charge is 0.349 e. The second kappa shape index (κ2) is 7.90. The molecule has 25 heavy (non-hydrogen) atoms. The van der Waals surface area contributed by atoms with E-state index in [1.807, 2.05) is 0 Å². The molecule has 130 valence electrons. The fourth-order valence-electron chi connectivity index (χ4n) is 3.74. The fraction of sp³-hybridized carbons (Fsp3) is 0.562. The summed E-state index contributed by atoms with van der Waals surface area (Å²) in [5.41, 5.74) is 18.5. The van der Waals surface area contributed by atoms with Crippen molar-refractivity contribution in [1.82, 2.24) is 10.2 Å². The zero-order chi connectivity index (χ0) is 17.6. The SMILES string of the molecule is [N-]=[N+]=NCc1cc(N=[N+]=[N-])cc(C(=O)NC2CCN3CCCC3C2)c1. The third-order valence-electron chi connectivity index (χ3n) is 4.87. The monoisotopic (exact) mass is 340 g/mol. The number of carbonyl (C=O) groups excluding carboxylic acids is 1. The van der Waals surface area contributed by atoms with Crippen LogP contribution in [0.5, 0.6) is 0 Å². The van der Waals surface area contributed by atoms with Gasteiger partial charge in [0.2, 0.25) is 0 Å². The van der Waals surface area contributed by atoms with E-state index in [9.17, 15) is 4.79 Å². The Labute approximate surface area is 145 Å². The van der Waals surface area contributed by atoms with Gasteiger partial charge in [-0.2, -0.15) is 0 Å². The van der Waals surface area contributed by atoms with E-state index >= 15 is 0 Å². The Balaban J connectivity index is 1.72. The molecule has 2 atom stereocenters. The van der Waals surface area contributed by atoms with Crippen molar-refractivity contribution in [3.05, 3.63) is 50.2 Å². The first-order valence-corrected chi connectivity index (χ1v) is 8.44. The molecule has 0 aromatic heterocycles. The summed E-state index contributed by atoms with van der Waals surface area (Å²) in [6.45, 7) is 2.30. The van der Waals surface area contributed by atoms with Crippen molar-refractivity contribution in [2.45, 2.75) is 44.3 Å². The van der Waals surface area contributed by atoms with Gasteiger partial charge in [-0.25, -0.2) is 0 Å². The summed E-state index contributed by atoms with van der Waals surface area (Å²) < 4.78 is 0. The molecule has 1 aromatic carbocycles. The smallest absolute Gasteiger partial charge is 0.251 e. The number of nitrogens with zero attached hydrogens (tertiary/aromatic N) is 7. The molecule has 2 saturated heterocycles. The topological polar surface area (TPSA) is 130 Å². The van der Waals surface area contributed by atoms with Crippen LogP contribution in [0, 0.1) is 0 Å². The van der Waals surface area contributed by atoms with Gasteiger partial charge >= 0.3 is 0 Å². The molecule has 9 heteroatoms. The van der Waals surface area contributed by atoms with Crippen LogP contribution in [-0.4, -0.2) is 36.0 Å². The van der Waals surface area contributed by atoms with Crippen molar-refractivity contribution >= 4 is 11.6 Å². The lowest BCUT2D eigenvalue weighted by Gasteiger charge is -2.35. The lowest BCUT2D eigenvalue weighted by molar-refractivity contribution is 0.0896. The van der Waals surface area contributed by atoms with Gasteiger partial charge in [-0.1, -0.05) is 10.2 Å². The first kappa shape index (κ1) is 17.1. The van der Waals surface area contributed by atoms with Gasteiger partial charge < -0.3 is 10.2 Å². The number of carbonyl (C=O) groups is 1. The van der Waals surface area contributed by atoms with Crippen molar-refractivity contribution in [3.63, 3.8) is 0 Å². The lowest BCUT2D eigenvalue weighted by Crippen LogP contribution is -2.47. The molecule has 1 N–H and O–H groups in total. The Morgan fingerprint density at radius 3 is 2.92 bits per heavy atom. The highest BCUT2D eigenvalue weighted by molar-refractivity contribution is 5.95. The average Bonchev–Trinajstić information content (AvgIpc) is 3.08. The standard InChI is InChI=1S/C16H20N8O/c17-22-19-10-11-6-12(8-14(7-11)21-23-18)16(25)20-13-3-5-24-4-1-2-15(24)9-13/h6-8,13,15H,1-5,9-10H2,(H,20,25). The van der Waals surface area contributed by atoms with Crippen LogP contribution in [0.2, 0.25) is 0 Å². The number of nitrogens with one attached hydrogen (secondary N) is 1. The van der Waals surface area contributed by atoms with Crippen LogP contribution in [0.4, 0.5) is 5.69 Å². The van der Waals surface area contributed by atoms with Gasteiger partial charge in [-0.3, -0.25) is 4.79 Å². The minimum atomic E-state index is -0.186. The highest BCUT2D eigenvalue weighted by Crippen LogP contribution is 2.27. The predicted octanol–water partition coefficient (Wildman–Crippen LogP) is 3.80. The summed E-state index contributed by atoms with van der Waals surface area (Å²) in [5.74, 6) is -0.186. The lowest BCUT2D eigenvalue weighted by atomic mass is 9.97. The number of rotatable bonds is 5. The van der Waals surface area contributed by atoms with E-state index in [-0.39, 0.29) is 18.5 Å². The second-order valence-electron chi connectivity index (χ2n) is 6.49. The third kappa shape index (κ3) is 4.22. The van der Waals surface area contributed by atoms with Crippen molar-refractivity contribution in [2.24, 2.45) is 10.2 Å². The predicted molar refractivity (Wildman–Crippen MR) is 93.2 cm³/mol. The van der Waals surface area contributed by atoms with E-state index < -0.39 is 0 Å². The number of azide groups is 2. The van der Waals surface area contributed by atoms with Crippen LogP contribution in [-0.2, 0) is 6.54 Å². The summed E-state index contributed by atoms with van der Waals surface area (Å²) in [4.78, 5) is 20.6. The number of piperidine rings is 1. The third-order valence-corrected chi connectivity index (χ3v) is 4.87. The van der Waals surface area contributed by atoms with Crippen LogP contribution in [0.15, 0.2) is 28.4 Å². The molecular formula is C16H20N8O. The minimum absolute atomic E-state index is 0.103. The van der Waals surface area contributed by atoms with E-state index in [0.29, 0.717) is 22.9 Å². The van der Waals surface area contributed by atoms with Gasteiger partial charge in [0.1, 0.15) is 0 Å². The van der Waals surface area contributed by atoms with E-state index in [1.54, 1.807) is 18.2 Å². The molecule has 2 aliphatic heterocycles. The van der Waals surface area contributed by atoms with Crippen molar-refractivity contribution < 1.29 is 4.79 Å².